The minimum absolute atomic E-state index is 0.0449. The lowest BCUT2D eigenvalue weighted by atomic mass is 10.1. The number of ether oxygens (including phenoxy) is 2. The second-order valence-corrected chi connectivity index (χ2v) is 4.72. The van der Waals surface area contributed by atoms with Gasteiger partial charge in [-0.3, -0.25) is 9.69 Å². The molecule has 4 nitrogen and oxygen atoms in total. The van der Waals surface area contributed by atoms with Gasteiger partial charge in [0.1, 0.15) is 0 Å². The second kappa shape index (κ2) is 10.4. The van der Waals surface area contributed by atoms with Crippen LogP contribution in [0.2, 0.25) is 0 Å². The third kappa shape index (κ3) is 6.74. The van der Waals surface area contributed by atoms with E-state index in [1.54, 1.807) is 0 Å². The van der Waals surface area contributed by atoms with Crippen LogP contribution < -0.4 is 0 Å². The summed E-state index contributed by atoms with van der Waals surface area (Å²) in [6, 6.07) is 10.4. The first kappa shape index (κ1) is 17.7. The molecule has 1 aliphatic rings. The van der Waals surface area contributed by atoms with Crippen molar-refractivity contribution in [3.05, 3.63) is 35.9 Å². The van der Waals surface area contributed by atoms with Crippen LogP contribution in [-0.4, -0.2) is 43.3 Å². The highest BCUT2D eigenvalue weighted by atomic mass is 16.5. The maximum absolute atomic E-state index is 11.5. The van der Waals surface area contributed by atoms with E-state index in [9.17, 15) is 4.79 Å². The molecule has 1 aliphatic heterocycles. The van der Waals surface area contributed by atoms with Gasteiger partial charge in [0.15, 0.2) is 0 Å². The van der Waals surface area contributed by atoms with Crippen molar-refractivity contribution in [2.75, 3.05) is 26.3 Å². The maximum atomic E-state index is 11.5. The Labute approximate surface area is 128 Å². The van der Waals surface area contributed by atoms with Gasteiger partial charge in [-0.25, -0.2) is 0 Å². The van der Waals surface area contributed by atoms with Crippen molar-refractivity contribution in [3.8, 4) is 0 Å². The molecular formula is C17H27NO3. The molecule has 0 bridgehead atoms. The number of carbonyl (C=O) groups is 1. The molecule has 4 heteroatoms. The van der Waals surface area contributed by atoms with Crippen molar-refractivity contribution in [2.24, 2.45) is 0 Å². The summed E-state index contributed by atoms with van der Waals surface area (Å²) in [5, 5.41) is 0. The number of nitrogens with zero attached hydrogens (tertiary/aromatic N) is 1. The molecule has 1 saturated heterocycles. The molecule has 1 atom stereocenters. The highest BCUT2D eigenvalue weighted by Gasteiger charge is 2.23. The van der Waals surface area contributed by atoms with Crippen molar-refractivity contribution < 1.29 is 14.3 Å². The van der Waals surface area contributed by atoms with Crippen molar-refractivity contribution in [1.82, 2.24) is 4.90 Å². The van der Waals surface area contributed by atoms with Gasteiger partial charge < -0.3 is 9.47 Å². The van der Waals surface area contributed by atoms with Crippen LogP contribution in [0.1, 0.15) is 32.8 Å². The standard InChI is InChI=1S/C15H21NO3.C2H6/c1-2-18-15(17)10-14-12-16(8-9-19-14)11-13-6-4-3-5-7-13;1-2/h3-7,14H,2,8-12H2,1H3;1-2H3. The third-order valence-corrected chi connectivity index (χ3v) is 3.17. The molecule has 118 valence electrons. The number of hydrogen-bond donors (Lipinski definition) is 0. The number of esters is 1. The van der Waals surface area contributed by atoms with Crippen LogP contribution in [0.15, 0.2) is 30.3 Å². The molecule has 1 unspecified atom stereocenters. The van der Waals surface area contributed by atoms with E-state index in [4.69, 9.17) is 9.47 Å². The van der Waals surface area contributed by atoms with E-state index >= 15 is 0 Å². The molecule has 0 aromatic heterocycles. The molecule has 0 radical (unpaired) electrons. The van der Waals surface area contributed by atoms with Crippen molar-refractivity contribution in [1.29, 1.82) is 0 Å². The van der Waals surface area contributed by atoms with E-state index < -0.39 is 0 Å². The van der Waals surface area contributed by atoms with E-state index in [1.807, 2.05) is 39.0 Å². The average Bonchev–Trinajstić information content (AvgIpc) is 2.51. The van der Waals surface area contributed by atoms with Crippen LogP contribution >= 0.6 is 0 Å². The fourth-order valence-electron chi connectivity index (χ4n) is 2.29. The number of hydrogen-bond acceptors (Lipinski definition) is 4. The van der Waals surface area contributed by atoms with E-state index in [2.05, 4.69) is 17.0 Å². The Bertz CT molecular complexity index is 394. The van der Waals surface area contributed by atoms with Crippen LogP contribution in [0.3, 0.4) is 0 Å². The third-order valence-electron chi connectivity index (χ3n) is 3.17. The Balaban J connectivity index is 0.00000106. The van der Waals surface area contributed by atoms with Gasteiger partial charge in [0.2, 0.25) is 0 Å². The maximum Gasteiger partial charge on any atom is 0.308 e. The highest BCUT2D eigenvalue weighted by Crippen LogP contribution is 2.13. The topological polar surface area (TPSA) is 38.8 Å². The highest BCUT2D eigenvalue weighted by molar-refractivity contribution is 5.69. The molecule has 1 heterocycles. The van der Waals surface area contributed by atoms with E-state index in [1.165, 1.54) is 5.56 Å². The van der Waals surface area contributed by atoms with Crippen LogP contribution in [0.4, 0.5) is 0 Å². The lowest BCUT2D eigenvalue weighted by molar-refractivity contribution is -0.148. The molecule has 0 spiro atoms. The average molecular weight is 293 g/mol. The van der Waals surface area contributed by atoms with Crippen LogP contribution in [0.5, 0.6) is 0 Å². The van der Waals surface area contributed by atoms with Gasteiger partial charge in [-0.1, -0.05) is 44.2 Å². The first-order chi connectivity index (χ1) is 10.3. The van der Waals surface area contributed by atoms with Crippen LogP contribution in [-0.2, 0) is 20.8 Å². The van der Waals surface area contributed by atoms with Crippen LogP contribution in [0, 0.1) is 0 Å². The van der Waals surface area contributed by atoms with Gasteiger partial charge in [0.25, 0.3) is 0 Å². The minimum Gasteiger partial charge on any atom is -0.466 e. The Morgan fingerprint density at radius 1 is 1.33 bits per heavy atom. The summed E-state index contributed by atoms with van der Waals surface area (Å²) in [5.74, 6) is -0.172. The van der Waals surface area contributed by atoms with Gasteiger partial charge in [0, 0.05) is 19.6 Å². The molecule has 21 heavy (non-hydrogen) atoms. The van der Waals surface area contributed by atoms with Gasteiger partial charge >= 0.3 is 5.97 Å². The molecule has 0 N–H and O–H groups in total. The van der Waals surface area contributed by atoms with Gasteiger partial charge in [0.05, 0.1) is 25.7 Å². The van der Waals surface area contributed by atoms with Gasteiger partial charge in [-0.15, -0.1) is 0 Å². The summed E-state index contributed by atoms with van der Waals surface area (Å²) < 4.78 is 10.6. The first-order valence-corrected chi connectivity index (χ1v) is 7.81. The number of benzene rings is 1. The lowest BCUT2D eigenvalue weighted by Crippen LogP contribution is -2.42. The number of morpholine rings is 1. The number of rotatable bonds is 5. The Kier molecular flexibility index (Phi) is 8.71. The Morgan fingerprint density at radius 2 is 2.05 bits per heavy atom. The quantitative estimate of drug-likeness (QED) is 0.783. The molecule has 1 fully saturated rings. The van der Waals surface area contributed by atoms with Crippen molar-refractivity contribution in [2.45, 2.75) is 39.8 Å². The zero-order chi connectivity index (χ0) is 15.5. The number of carbonyl (C=O) groups excluding carboxylic acids is 1. The molecule has 0 amide bonds. The van der Waals surface area contributed by atoms with Gasteiger partial charge in [-0.2, -0.15) is 0 Å². The predicted octanol–water partition coefficient (Wildman–Crippen LogP) is 2.87. The molecule has 2 rings (SSSR count). The summed E-state index contributed by atoms with van der Waals surface area (Å²) in [4.78, 5) is 13.8. The van der Waals surface area contributed by atoms with E-state index in [-0.39, 0.29) is 12.1 Å². The molecule has 1 aromatic carbocycles. The molecular weight excluding hydrogens is 266 g/mol. The molecule has 0 aliphatic carbocycles. The largest absolute Gasteiger partial charge is 0.466 e. The van der Waals surface area contributed by atoms with Crippen molar-refractivity contribution in [3.63, 3.8) is 0 Å². The van der Waals surface area contributed by atoms with E-state index in [0.717, 1.165) is 19.6 Å². The normalized spacial score (nSPS) is 18.5. The summed E-state index contributed by atoms with van der Waals surface area (Å²) in [6.07, 6.45) is 0.301. The minimum atomic E-state index is -0.172. The Hall–Kier alpha value is -1.39. The Morgan fingerprint density at radius 3 is 2.71 bits per heavy atom. The van der Waals surface area contributed by atoms with Crippen molar-refractivity contribution >= 4 is 5.97 Å². The fourth-order valence-corrected chi connectivity index (χ4v) is 2.29. The summed E-state index contributed by atoms with van der Waals surface area (Å²) in [6.45, 7) is 9.53. The predicted molar refractivity (Wildman–Crippen MR) is 84.1 cm³/mol. The zero-order valence-electron chi connectivity index (χ0n) is 13.4. The monoisotopic (exact) mass is 293 g/mol. The molecule has 0 saturated carbocycles. The van der Waals surface area contributed by atoms with Crippen LogP contribution in [0.25, 0.3) is 0 Å². The van der Waals surface area contributed by atoms with E-state index in [0.29, 0.717) is 19.6 Å². The first-order valence-electron chi connectivity index (χ1n) is 7.81. The second-order valence-electron chi connectivity index (χ2n) is 4.72. The SMILES string of the molecule is CC.CCOC(=O)CC1CN(Cc2ccccc2)CCO1. The fraction of sp³-hybridized carbons (Fsp3) is 0.588. The summed E-state index contributed by atoms with van der Waals surface area (Å²) in [7, 11) is 0. The lowest BCUT2D eigenvalue weighted by Gasteiger charge is -2.32. The molecule has 1 aromatic rings. The zero-order valence-corrected chi connectivity index (χ0v) is 13.4. The smallest absolute Gasteiger partial charge is 0.308 e. The summed E-state index contributed by atoms with van der Waals surface area (Å²) >= 11 is 0. The van der Waals surface area contributed by atoms with Gasteiger partial charge in [-0.05, 0) is 12.5 Å². The summed E-state index contributed by atoms with van der Waals surface area (Å²) in [5.41, 5.74) is 1.29.